The van der Waals surface area contributed by atoms with Crippen LogP contribution in [0.15, 0.2) is 54.6 Å². The minimum atomic E-state index is -0.380. The van der Waals surface area contributed by atoms with Crippen molar-refractivity contribution in [3.05, 3.63) is 66.0 Å². The Hall–Kier alpha value is -2.16. The fourth-order valence-corrected chi connectivity index (χ4v) is 1.41. The number of hydrogen-bond donors (Lipinski definition) is 0. The summed E-state index contributed by atoms with van der Waals surface area (Å²) < 4.78 is 18.1. The molecule has 17 heavy (non-hydrogen) atoms. The van der Waals surface area contributed by atoms with Gasteiger partial charge in [0, 0.05) is 11.6 Å². The van der Waals surface area contributed by atoms with Crippen molar-refractivity contribution in [2.75, 3.05) is 6.61 Å². The van der Waals surface area contributed by atoms with Gasteiger partial charge in [-0.3, -0.25) is 4.79 Å². The number of carbonyl (C=O) groups is 1. The minimum absolute atomic E-state index is 0.0898. The molecule has 0 spiro atoms. The van der Waals surface area contributed by atoms with Crippen molar-refractivity contribution in [3.8, 4) is 5.75 Å². The zero-order valence-corrected chi connectivity index (χ0v) is 9.10. The van der Waals surface area contributed by atoms with Crippen LogP contribution in [0.2, 0.25) is 0 Å². The molecule has 0 heterocycles. The molecule has 0 aliphatic carbocycles. The molecule has 0 saturated heterocycles. The summed E-state index contributed by atoms with van der Waals surface area (Å²) in [5.41, 5.74) is 0.587. The number of rotatable bonds is 4. The Bertz CT molecular complexity index is 509. The van der Waals surface area contributed by atoms with Gasteiger partial charge in [0.1, 0.15) is 11.6 Å². The first-order chi connectivity index (χ1) is 8.25. The second-order valence-corrected chi connectivity index (χ2v) is 3.54. The van der Waals surface area contributed by atoms with Gasteiger partial charge < -0.3 is 4.74 Å². The second kappa shape index (κ2) is 5.25. The third-order valence-electron chi connectivity index (χ3n) is 2.26. The van der Waals surface area contributed by atoms with Crippen molar-refractivity contribution in [1.29, 1.82) is 0 Å². The quantitative estimate of drug-likeness (QED) is 0.754. The van der Waals surface area contributed by atoms with E-state index in [2.05, 4.69) is 0 Å². The summed E-state index contributed by atoms with van der Waals surface area (Å²) >= 11 is 0. The van der Waals surface area contributed by atoms with Crippen molar-refractivity contribution in [2.45, 2.75) is 0 Å². The molecule has 2 rings (SSSR count). The van der Waals surface area contributed by atoms with Crippen LogP contribution in [0, 0.1) is 5.82 Å². The number of benzene rings is 2. The van der Waals surface area contributed by atoms with E-state index in [-0.39, 0.29) is 18.2 Å². The molecule has 3 heteroatoms. The lowest BCUT2D eigenvalue weighted by Gasteiger charge is -2.05. The first kappa shape index (κ1) is 11.3. The summed E-state index contributed by atoms with van der Waals surface area (Å²) in [7, 11) is 0. The molecule has 0 saturated carbocycles. The first-order valence-corrected chi connectivity index (χ1v) is 5.22. The monoisotopic (exact) mass is 230 g/mol. The Morgan fingerprint density at radius 3 is 2.53 bits per heavy atom. The molecule has 0 aromatic heterocycles. The van der Waals surface area contributed by atoms with Crippen LogP contribution in [0.4, 0.5) is 4.39 Å². The number of Topliss-reactive ketones (excluding diaryl/α,β-unsaturated/α-hetero) is 1. The van der Waals surface area contributed by atoms with Gasteiger partial charge in [0.15, 0.2) is 12.4 Å². The zero-order valence-electron chi connectivity index (χ0n) is 9.10. The Morgan fingerprint density at radius 1 is 1.06 bits per heavy atom. The molecule has 86 valence electrons. The summed E-state index contributed by atoms with van der Waals surface area (Å²) in [5, 5.41) is 0. The van der Waals surface area contributed by atoms with Gasteiger partial charge in [-0.25, -0.2) is 4.39 Å². The number of halogens is 1. The highest BCUT2D eigenvalue weighted by atomic mass is 19.1. The lowest BCUT2D eigenvalue weighted by Crippen LogP contribution is -2.11. The molecule has 0 N–H and O–H groups in total. The van der Waals surface area contributed by atoms with Crippen LogP contribution in [0.25, 0.3) is 0 Å². The summed E-state index contributed by atoms with van der Waals surface area (Å²) in [5.74, 6) is -0.154. The van der Waals surface area contributed by atoms with Crippen LogP contribution >= 0.6 is 0 Å². The molecule has 0 atom stereocenters. The fraction of sp³-hybridized carbons (Fsp3) is 0.0714. The second-order valence-electron chi connectivity index (χ2n) is 3.54. The third kappa shape index (κ3) is 3.14. The topological polar surface area (TPSA) is 26.3 Å². The van der Waals surface area contributed by atoms with Crippen molar-refractivity contribution in [3.63, 3.8) is 0 Å². The summed E-state index contributed by atoms with van der Waals surface area (Å²) in [4.78, 5) is 11.7. The zero-order chi connectivity index (χ0) is 12.1. The van der Waals surface area contributed by atoms with Gasteiger partial charge in [-0.1, -0.05) is 36.4 Å². The van der Waals surface area contributed by atoms with Gasteiger partial charge in [-0.15, -0.1) is 0 Å². The average molecular weight is 230 g/mol. The Morgan fingerprint density at radius 2 is 1.82 bits per heavy atom. The number of carbonyl (C=O) groups excluding carboxylic acids is 1. The largest absolute Gasteiger partial charge is 0.485 e. The number of ketones is 1. The summed E-state index contributed by atoms with van der Waals surface area (Å²) in [6.07, 6.45) is 0. The van der Waals surface area contributed by atoms with Gasteiger partial charge >= 0.3 is 0 Å². The highest BCUT2D eigenvalue weighted by Crippen LogP contribution is 2.12. The van der Waals surface area contributed by atoms with E-state index in [0.29, 0.717) is 11.3 Å². The van der Waals surface area contributed by atoms with Crippen molar-refractivity contribution >= 4 is 5.78 Å². The van der Waals surface area contributed by atoms with Gasteiger partial charge in [-0.05, 0) is 12.1 Å². The Labute approximate surface area is 98.7 Å². The predicted octanol–water partition coefficient (Wildman–Crippen LogP) is 3.09. The van der Waals surface area contributed by atoms with E-state index in [0.717, 1.165) is 0 Å². The maximum atomic E-state index is 12.8. The molecular formula is C14H11FO2. The van der Waals surface area contributed by atoms with Crippen LogP contribution in [-0.4, -0.2) is 12.4 Å². The molecular weight excluding hydrogens is 219 g/mol. The summed E-state index contributed by atoms with van der Waals surface area (Å²) in [6, 6.07) is 14.6. The average Bonchev–Trinajstić information content (AvgIpc) is 2.37. The van der Waals surface area contributed by atoms with E-state index in [9.17, 15) is 9.18 Å². The van der Waals surface area contributed by atoms with Crippen LogP contribution in [-0.2, 0) is 0 Å². The molecule has 2 aromatic rings. The normalized spacial score (nSPS) is 9.94. The van der Waals surface area contributed by atoms with Gasteiger partial charge in [0.2, 0.25) is 0 Å². The third-order valence-corrected chi connectivity index (χ3v) is 2.26. The van der Waals surface area contributed by atoms with E-state index in [4.69, 9.17) is 4.74 Å². The van der Waals surface area contributed by atoms with Crippen molar-refractivity contribution in [2.24, 2.45) is 0 Å². The number of hydrogen-bond acceptors (Lipinski definition) is 2. The van der Waals surface area contributed by atoms with Crippen LogP contribution in [0.5, 0.6) is 5.75 Å². The lowest BCUT2D eigenvalue weighted by molar-refractivity contribution is 0.0921. The number of ether oxygens (including phenoxy) is 1. The van der Waals surface area contributed by atoms with E-state index < -0.39 is 0 Å². The molecule has 0 radical (unpaired) electrons. The van der Waals surface area contributed by atoms with E-state index in [1.165, 1.54) is 18.2 Å². The molecule has 0 unspecified atom stereocenters. The maximum absolute atomic E-state index is 12.8. The standard InChI is InChI=1S/C14H11FO2/c15-12-7-4-8-13(9-12)17-10-14(16)11-5-2-1-3-6-11/h1-9H,10H2. The predicted molar refractivity (Wildman–Crippen MR) is 62.7 cm³/mol. The van der Waals surface area contributed by atoms with Gasteiger partial charge in [-0.2, -0.15) is 0 Å². The first-order valence-electron chi connectivity index (χ1n) is 5.22. The van der Waals surface area contributed by atoms with E-state index in [1.54, 1.807) is 30.3 Å². The van der Waals surface area contributed by atoms with Gasteiger partial charge in [0.05, 0.1) is 0 Å². The van der Waals surface area contributed by atoms with Crippen LogP contribution in [0.1, 0.15) is 10.4 Å². The maximum Gasteiger partial charge on any atom is 0.200 e. The summed E-state index contributed by atoms with van der Waals surface area (Å²) in [6.45, 7) is -0.0898. The molecule has 0 fully saturated rings. The smallest absolute Gasteiger partial charge is 0.200 e. The van der Waals surface area contributed by atoms with Gasteiger partial charge in [0.25, 0.3) is 0 Å². The minimum Gasteiger partial charge on any atom is -0.485 e. The van der Waals surface area contributed by atoms with Crippen LogP contribution < -0.4 is 4.74 Å². The fourth-order valence-electron chi connectivity index (χ4n) is 1.41. The highest BCUT2D eigenvalue weighted by Gasteiger charge is 2.06. The highest BCUT2D eigenvalue weighted by molar-refractivity contribution is 5.97. The van der Waals surface area contributed by atoms with Crippen molar-refractivity contribution < 1.29 is 13.9 Å². The molecule has 0 amide bonds. The Kier molecular flexibility index (Phi) is 3.50. The van der Waals surface area contributed by atoms with Crippen LogP contribution in [0.3, 0.4) is 0 Å². The molecule has 0 aliphatic rings. The molecule has 2 aromatic carbocycles. The molecule has 2 nitrogen and oxygen atoms in total. The molecule has 0 bridgehead atoms. The van der Waals surface area contributed by atoms with E-state index in [1.807, 2.05) is 6.07 Å². The van der Waals surface area contributed by atoms with Crippen molar-refractivity contribution in [1.82, 2.24) is 0 Å². The molecule has 0 aliphatic heterocycles. The SMILES string of the molecule is O=C(COc1cccc(F)c1)c1ccccc1. The van der Waals surface area contributed by atoms with E-state index >= 15 is 0 Å². The Balaban J connectivity index is 1.97. The lowest BCUT2D eigenvalue weighted by atomic mass is 10.1.